The molecule has 0 aliphatic rings. The molecule has 2 rings (SSSR count). The Kier molecular flexibility index (Phi) is 5.30. The second-order valence-electron chi connectivity index (χ2n) is 5.27. The topological polar surface area (TPSA) is 51.0 Å². The average molecular weight is 273 g/mol. The summed E-state index contributed by atoms with van der Waals surface area (Å²) < 4.78 is 5.29. The van der Waals surface area contributed by atoms with E-state index >= 15 is 0 Å². The summed E-state index contributed by atoms with van der Waals surface area (Å²) in [4.78, 5) is 4.45. The third-order valence-electron chi connectivity index (χ3n) is 3.21. The predicted octanol–water partition coefficient (Wildman–Crippen LogP) is 3.23. The van der Waals surface area contributed by atoms with Gasteiger partial charge in [0, 0.05) is 18.0 Å². The van der Waals surface area contributed by atoms with Crippen LogP contribution in [0.15, 0.2) is 28.8 Å². The van der Waals surface area contributed by atoms with Crippen LogP contribution in [-0.4, -0.2) is 22.7 Å². The van der Waals surface area contributed by atoms with E-state index in [0.29, 0.717) is 17.8 Å². The minimum Gasteiger partial charge on any atom is -0.339 e. The fraction of sp³-hybridized carbons (Fsp3) is 0.500. The molecule has 4 nitrogen and oxygen atoms in total. The highest BCUT2D eigenvalue weighted by molar-refractivity contribution is 5.54. The van der Waals surface area contributed by atoms with E-state index in [9.17, 15) is 0 Å². The predicted molar refractivity (Wildman–Crippen MR) is 80.6 cm³/mol. The van der Waals surface area contributed by atoms with E-state index in [2.05, 4.69) is 48.4 Å². The summed E-state index contributed by atoms with van der Waals surface area (Å²) in [6.07, 6.45) is 2.87. The van der Waals surface area contributed by atoms with Gasteiger partial charge >= 0.3 is 0 Å². The largest absolute Gasteiger partial charge is 0.339 e. The molecule has 0 aliphatic carbocycles. The maximum absolute atomic E-state index is 5.29. The standard InChI is InChI=1S/C16H23N3O/c1-4-13-7-9-14(10-8-13)16-18-15(20-19-16)6-5-11-17-12(2)3/h7-10,12,17H,4-6,11H2,1-3H3. The van der Waals surface area contributed by atoms with Crippen molar-refractivity contribution in [2.75, 3.05) is 6.54 Å². The second-order valence-corrected chi connectivity index (χ2v) is 5.27. The van der Waals surface area contributed by atoms with Crippen LogP contribution in [-0.2, 0) is 12.8 Å². The summed E-state index contributed by atoms with van der Waals surface area (Å²) in [5, 5.41) is 7.43. The number of aromatic nitrogens is 2. The molecule has 0 atom stereocenters. The van der Waals surface area contributed by atoms with Gasteiger partial charge in [-0.3, -0.25) is 0 Å². The van der Waals surface area contributed by atoms with Gasteiger partial charge in [-0.25, -0.2) is 0 Å². The molecule has 108 valence electrons. The van der Waals surface area contributed by atoms with Crippen molar-refractivity contribution in [1.29, 1.82) is 0 Å². The van der Waals surface area contributed by atoms with Crippen LogP contribution in [0.5, 0.6) is 0 Å². The molecule has 1 N–H and O–H groups in total. The zero-order valence-electron chi connectivity index (χ0n) is 12.5. The van der Waals surface area contributed by atoms with Gasteiger partial charge in [-0.2, -0.15) is 4.98 Å². The first-order valence-electron chi connectivity index (χ1n) is 7.34. The van der Waals surface area contributed by atoms with Gasteiger partial charge in [-0.05, 0) is 24.9 Å². The monoisotopic (exact) mass is 273 g/mol. The quantitative estimate of drug-likeness (QED) is 0.787. The molecule has 0 saturated carbocycles. The van der Waals surface area contributed by atoms with Gasteiger partial charge in [0.05, 0.1) is 0 Å². The van der Waals surface area contributed by atoms with Crippen molar-refractivity contribution < 1.29 is 4.52 Å². The molecule has 0 bridgehead atoms. The molecule has 0 saturated heterocycles. The normalized spacial score (nSPS) is 11.2. The summed E-state index contributed by atoms with van der Waals surface area (Å²) in [6, 6.07) is 8.84. The van der Waals surface area contributed by atoms with E-state index in [4.69, 9.17) is 4.52 Å². The molecule has 1 heterocycles. The fourth-order valence-corrected chi connectivity index (χ4v) is 1.99. The van der Waals surface area contributed by atoms with Crippen LogP contribution in [0.2, 0.25) is 0 Å². The first-order chi connectivity index (χ1) is 9.69. The molecule has 0 spiro atoms. The molecule has 0 unspecified atom stereocenters. The van der Waals surface area contributed by atoms with Crippen molar-refractivity contribution in [2.24, 2.45) is 0 Å². The van der Waals surface area contributed by atoms with E-state index in [-0.39, 0.29) is 0 Å². The van der Waals surface area contributed by atoms with Crippen molar-refractivity contribution in [2.45, 2.75) is 46.1 Å². The van der Waals surface area contributed by atoms with Gasteiger partial charge < -0.3 is 9.84 Å². The Morgan fingerprint density at radius 1 is 1.20 bits per heavy atom. The lowest BCUT2D eigenvalue weighted by atomic mass is 10.1. The summed E-state index contributed by atoms with van der Waals surface area (Å²) in [5.74, 6) is 1.39. The average Bonchev–Trinajstić information content (AvgIpc) is 2.92. The highest BCUT2D eigenvalue weighted by Gasteiger charge is 2.08. The van der Waals surface area contributed by atoms with E-state index in [1.54, 1.807) is 0 Å². The van der Waals surface area contributed by atoms with Crippen LogP contribution < -0.4 is 5.32 Å². The second kappa shape index (κ2) is 7.20. The van der Waals surface area contributed by atoms with E-state index in [0.717, 1.165) is 31.4 Å². The van der Waals surface area contributed by atoms with Gasteiger partial charge in [0.2, 0.25) is 11.7 Å². The molecule has 20 heavy (non-hydrogen) atoms. The van der Waals surface area contributed by atoms with Crippen molar-refractivity contribution in [3.63, 3.8) is 0 Å². The van der Waals surface area contributed by atoms with E-state index < -0.39 is 0 Å². The van der Waals surface area contributed by atoms with E-state index in [1.165, 1.54) is 5.56 Å². The number of nitrogens with zero attached hydrogens (tertiary/aromatic N) is 2. The van der Waals surface area contributed by atoms with Crippen molar-refractivity contribution in [1.82, 2.24) is 15.5 Å². The molecule has 0 radical (unpaired) electrons. The van der Waals surface area contributed by atoms with Crippen LogP contribution in [0.3, 0.4) is 0 Å². The summed E-state index contributed by atoms with van der Waals surface area (Å²) in [6.45, 7) is 7.41. The number of hydrogen-bond donors (Lipinski definition) is 1. The van der Waals surface area contributed by atoms with Crippen molar-refractivity contribution in [3.05, 3.63) is 35.7 Å². The van der Waals surface area contributed by atoms with Crippen LogP contribution in [0.25, 0.3) is 11.4 Å². The SMILES string of the molecule is CCc1ccc(-c2noc(CCCNC(C)C)n2)cc1. The van der Waals surface area contributed by atoms with Crippen LogP contribution in [0.4, 0.5) is 0 Å². The van der Waals surface area contributed by atoms with Crippen LogP contribution >= 0.6 is 0 Å². The molecule has 0 fully saturated rings. The smallest absolute Gasteiger partial charge is 0.227 e. The lowest BCUT2D eigenvalue weighted by Crippen LogP contribution is -2.23. The van der Waals surface area contributed by atoms with Crippen LogP contribution in [0, 0.1) is 0 Å². The maximum atomic E-state index is 5.29. The van der Waals surface area contributed by atoms with Gasteiger partial charge in [0.1, 0.15) is 0 Å². The minimum absolute atomic E-state index is 0.519. The zero-order chi connectivity index (χ0) is 14.4. The Morgan fingerprint density at radius 3 is 2.60 bits per heavy atom. The maximum Gasteiger partial charge on any atom is 0.227 e. The Morgan fingerprint density at radius 2 is 1.95 bits per heavy atom. The molecule has 0 amide bonds. The molecule has 1 aromatic carbocycles. The lowest BCUT2D eigenvalue weighted by molar-refractivity contribution is 0.374. The van der Waals surface area contributed by atoms with Crippen molar-refractivity contribution >= 4 is 0 Å². The summed E-state index contributed by atoms with van der Waals surface area (Å²) in [7, 11) is 0. The van der Waals surface area contributed by atoms with E-state index in [1.807, 2.05) is 12.1 Å². The third kappa shape index (κ3) is 4.17. The molecular formula is C16H23N3O. The van der Waals surface area contributed by atoms with Gasteiger partial charge in [-0.1, -0.05) is 50.2 Å². The summed E-state index contributed by atoms with van der Waals surface area (Å²) >= 11 is 0. The molecule has 1 aromatic heterocycles. The highest BCUT2D eigenvalue weighted by atomic mass is 16.5. The lowest BCUT2D eigenvalue weighted by Gasteiger charge is -2.05. The Hall–Kier alpha value is -1.68. The molecule has 4 heteroatoms. The minimum atomic E-state index is 0.519. The summed E-state index contributed by atoms with van der Waals surface area (Å²) in [5.41, 5.74) is 2.33. The first-order valence-corrected chi connectivity index (χ1v) is 7.34. The Labute approximate surface area is 120 Å². The number of nitrogens with one attached hydrogen (secondary N) is 1. The number of benzene rings is 1. The Bertz CT molecular complexity index is 517. The zero-order valence-corrected chi connectivity index (χ0v) is 12.5. The van der Waals surface area contributed by atoms with Crippen molar-refractivity contribution in [3.8, 4) is 11.4 Å². The van der Waals surface area contributed by atoms with Gasteiger partial charge in [0.15, 0.2) is 0 Å². The molecular weight excluding hydrogens is 250 g/mol. The third-order valence-corrected chi connectivity index (χ3v) is 3.21. The van der Waals surface area contributed by atoms with Gasteiger partial charge in [-0.15, -0.1) is 0 Å². The molecule has 2 aromatic rings. The number of aryl methyl sites for hydroxylation is 2. The molecule has 0 aliphatic heterocycles. The Balaban J connectivity index is 1.90. The number of rotatable bonds is 7. The fourth-order valence-electron chi connectivity index (χ4n) is 1.99. The number of hydrogen-bond acceptors (Lipinski definition) is 4. The first kappa shape index (κ1) is 14.7. The highest BCUT2D eigenvalue weighted by Crippen LogP contribution is 2.17. The van der Waals surface area contributed by atoms with Crippen LogP contribution in [0.1, 0.15) is 38.6 Å². The van der Waals surface area contributed by atoms with Gasteiger partial charge in [0.25, 0.3) is 0 Å².